The Balaban J connectivity index is 1.27. The fourth-order valence-corrected chi connectivity index (χ4v) is 3.15. The van der Waals surface area contributed by atoms with Gasteiger partial charge in [-0.2, -0.15) is 23.1 Å². The summed E-state index contributed by atoms with van der Waals surface area (Å²) >= 11 is 0. The van der Waals surface area contributed by atoms with Crippen LogP contribution in [0.2, 0.25) is 0 Å². The molecule has 0 bridgehead atoms. The molecule has 2 fully saturated rings. The van der Waals surface area contributed by atoms with Crippen molar-refractivity contribution >= 4 is 34.9 Å². The highest BCUT2D eigenvalue weighted by atomic mass is 19.4. The third kappa shape index (κ3) is 5.41. The molecular weight excluding hydrogens is 433 g/mol. The third-order valence-electron chi connectivity index (χ3n) is 5.30. The smallest absolute Gasteiger partial charge is 0.367 e. The highest BCUT2D eigenvalue weighted by Crippen LogP contribution is 2.36. The van der Waals surface area contributed by atoms with Crippen molar-refractivity contribution in [3.8, 4) is 0 Å². The molecule has 5 rings (SSSR count). The molecule has 33 heavy (non-hydrogen) atoms. The van der Waals surface area contributed by atoms with E-state index in [2.05, 4.69) is 41.2 Å². The van der Waals surface area contributed by atoms with Crippen molar-refractivity contribution < 1.29 is 13.2 Å². The Hall–Kier alpha value is -3.63. The van der Waals surface area contributed by atoms with Gasteiger partial charge >= 0.3 is 6.18 Å². The molecule has 2 aromatic heterocycles. The summed E-state index contributed by atoms with van der Waals surface area (Å²) in [4.78, 5) is 16.8. The van der Waals surface area contributed by atoms with Gasteiger partial charge in [-0.25, -0.2) is 9.97 Å². The number of halogens is 3. The molecule has 172 valence electrons. The standard InChI is InChI=1S/C22H23F3N8/c1-12-10-26-20(32-18(12)28-13-2-3-13)30-15-6-8-16(9-7-15)31-21-27-11-17(22(23,24)25)19(33-21)29-14-4-5-14/h6-11,13-14H,2-5H2,1H3,(H2,26,28,30,32)(H2,27,29,31,33). The number of nitrogens with one attached hydrogen (secondary N) is 4. The summed E-state index contributed by atoms with van der Waals surface area (Å²) in [5, 5.41) is 12.3. The first-order valence-corrected chi connectivity index (χ1v) is 10.8. The molecule has 8 nitrogen and oxygen atoms in total. The summed E-state index contributed by atoms with van der Waals surface area (Å²) in [6.45, 7) is 1.96. The molecular formula is C22H23F3N8. The predicted molar refractivity (Wildman–Crippen MR) is 120 cm³/mol. The molecule has 1 aromatic carbocycles. The van der Waals surface area contributed by atoms with Gasteiger partial charge in [0, 0.05) is 41.4 Å². The van der Waals surface area contributed by atoms with Crippen LogP contribution in [0.15, 0.2) is 36.7 Å². The molecule has 0 radical (unpaired) electrons. The maximum atomic E-state index is 13.3. The first kappa shape index (κ1) is 21.2. The van der Waals surface area contributed by atoms with Crippen LogP contribution in [-0.4, -0.2) is 32.0 Å². The van der Waals surface area contributed by atoms with Crippen molar-refractivity contribution in [1.29, 1.82) is 0 Å². The van der Waals surface area contributed by atoms with Crippen molar-refractivity contribution in [3.05, 3.63) is 47.8 Å². The topological polar surface area (TPSA) is 99.7 Å². The van der Waals surface area contributed by atoms with E-state index in [1.54, 1.807) is 18.3 Å². The molecule has 3 aromatic rings. The number of benzene rings is 1. The lowest BCUT2D eigenvalue weighted by atomic mass is 10.2. The number of alkyl halides is 3. The second kappa shape index (κ2) is 8.38. The Bertz CT molecular complexity index is 1140. The van der Waals surface area contributed by atoms with Crippen LogP contribution in [0.1, 0.15) is 36.8 Å². The summed E-state index contributed by atoms with van der Waals surface area (Å²) in [7, 11) is 0. The molecule has 0 saturated heterocycles. The first-order valence-electron chi connectivity index (χ1n) is 10.8. The van der Waals surface area contributed by atoms with Crippen LogP contribution in [0, 0.1) is 6.92 Å². The van der Waals surface area contributed by atoms with Gasteiger partial charge in [0.05, 0.1) is 0 Å². The van der Waals surface area contributed by atoms with Crippen LogP contribution in [-0.2, 0) is 6.18 Å². The first-order chi connectivity index (χ1) is 15.8. The Morgan fingerprint density at radius 1 is 0.758 bits per heavy atom. The van der Waals surface area contributed by atoms with Crippen molar-refractivity contribution in [1.82, 2.24) is 19.9 Å². The Morgan fingerprint density at radius 2 is 1.24 bits per heavy atom. The largest absolute Gasteiger partial charge is 0.421 e. The van der Waals surface area contributed by atoms with E-state index in [1.807, 2.05) is 19.1 Å². The van der Waals surface area contributed by atoms with E-state index < -0.39 is 11.7 Å². The molecule has 2 saturated carbocycles. The number of aryl methyl sites for hydroxylation is 1. The van der Waals surface area contributed by atoms with Crippen molar-refractivity contribution in [2.24, 2.45) is 0 Å². The molecule has 0 aliphatic heterocycles. The van der Waals surface area contributed by atoms with Gasteiger partial charge < -0.3 is 21.3 Å². The van der Waals surface area contributed by atoms with Gasteiger partial charge in [0.1, 0.15) is 17.2 Å². The van der Waals surface area contributed by atoms with Crippen LogP contribution >= 0.6 is 0 Å². The van der Waals surface area contributed by atoms with E-state index in [0.717, 1.165) is 48.9 Å². The summed E-state index contributed by atoms with van der Waals surface area (Å²) in [5.41, 5.74) is 1.53. The summed E-state index contributed by atoms with van der Waals surface area (Å²) in [6.07, 6.45) is 2.03. The van der Waals surface area contributed by atoms with Crippen molar-refractivity contribution in [3.63, 3.8) is 0 Å². The zero-order chi connectivity index (χ0) is 23.0. The van der Waals surface area contributed by atoms with Crippen molar-refractivity contribution in [2.45, 2.75) is 50.9 Å². The van der Waals surface area contributed by atoms with Crippen LogP contribution in [0.25, 0.3) is 0 Å². The minimum atomic E-state index is -4.52. The lowest BCUT2D eigenvalue weighted by Crippen LogP contribution is -2.15. The maximum absolute atomic E-state index is 13.3. The van der Waals surface area contributed by atoms with Crippen LogP contribution in [0.4, 0.5) is 48.1 Å². The van der Waals surface area contributed by atoms with E-state index >= 15 is 0 Å². The molecule has 0 atom stereocenters. The highest BCUT2D eigenvalue weighted by Gasteiger charge is 2.36. The zero-order valence-corrected chi connectivity index (χ0v) is 17.9. The average molecular weight is 456 g/mol. The van der Waals surface area contributed by atoms with Gasteiger partial charge in [-0.15, -0.1) is 0 Å². The molecule has 11 heteroatoms. The number of hydrogen-bond acceptors (Lipinski definition) is 8. The van der Waals surface area contributed by atoms with Gasteiger partial charge in [-0.1, -0.05) is 0 Å². The predicted octanol–water partition coefficient (Wildman–Crippen LogP) is 5.23. The third-order valence-corrected chi connectivity index (χ3v) is 5.30. The minimum absolute atomic E-state index is 0.0307. The summed E-state index contributed by atoms with van der Waals surface area (Å²) in [5.74, 6) is 1.19. The van der Waals surface area contributed by atoms with Crippen LogP contribution in [0.3, 0.4) is 0 Å². The number of rotatable bonds is 8. The Morgan fingerprint density at radius 3 is 1.76 bits per heavy atom. The monoisotopic (exact) mass is 456 g/mol. The second-order valence-corrected chi connectivity index (χ2v) is 8.34. The lowest BCUT2D eigenvalue weighted by Gasteiger charge is -2.14. The molecule has 4 N–H and O–H groups in total. The Kier molecular flexibility index (Phi) is 5.39. The van der Waals surface area contributed by atoms with E-state index in [4.69, 9.17) is 0 Å². The van der Waals surface area contributed by atoms with Crippen LogP contribution < -0.4 is 21.3 Å². The van der Waals surface area contributed by atoms with Gasteiger partial charge in [0.25, 0.3) is 0 Å². The summed E-state index contributed by atoms with van der Waals surface area (Å²) < 4.78 is 39.8. The molecule has 0 spiro atoms. The SMILES string of the molecule is Cc1cnc(Nc2ccc(Nc3ncc(C(F)(F)F)c(NC4CC4)n3)cc2)nc1NC1CC1. The fourth-order valence-electron chi connectivity index (χ4n) is 3.15. The van der Waals surface area contributed by atoms with E-state index in [0.29, 0.717) is 17.7 Å². The van der Waals surface area contributed by atoms with E-state index in [1.165, 1.54) is 0 Å². The molecule has 2 heterocycles. The van der Waals surface area contributed by atoms with E-state index in [9.17, 15) is 13.2 Å². The summed E-state index contributed by atoms with van der Waals surface area (Å²) in [6, 6.07) is 7.69. The van der Waals surface area contributed by atoms with Gasteiger partial charge in [-0.3, -0.25) is 0 Å². The van der Waals surface area contributed by atoms with Gasteiger partial charge in [0.15, 0.2) is 0 Å². The number of hydrogen-bond donors (Lipinski definition) is 4. The maximum Gasteiger partial charge on any atom is 0.421 e. The number of nitrogens with zero attached hydrogens (tertiary/aromatic N) is 4. The van der Waals surface area contributed by atoms with Crippen molar-refractivity contribution in [2.75, 3.05) is 21.3 Å². The lowest BCUT2D eigenvalue weighted by molar-refractivity contribution is -0.137. The fraction of sp³-hybridized carbons (Fsp3) is 0.364. The van der Waals surface area contributed by atoms with Crippen LogP contribution in [0.5, 0.6) is 0 Å². The molecule has 2 aliphatic rings. The molecule has 0 unspecified atom stereocenters. The normalized spacial score (nSPS) is 15.8. The van der Waals surface area contributed by atoms with Gasteiger partial charge in [-0.05, 0) is 56.9 Å². The zero-order valence-electron chi connectivity index (χ0n) is 17.9. The van der Waals surface area contributed by atoms with Gasteiger partial charge in [0.2, 0.25) is 11.9 Å². The molecule has 0 amide bonds. The Labute approximate surface area is 188 Å². The number of anilines is 6. The average Bonchev–Trinajstić information content (AvgIpc) is 3.69. The number of aromatic nitrogens is 4. The quantitative estimate of drug-likeness (QED) is 0.366. The highest BCUT2D eigenvalue weighted by molar-refractivity contribution is 5.63. The second-order valence-electron chi connectivity index (χ2n) is 8.34. The molecule has 2 aliphatic carbocycles. The van der Waals surface area contributed by atoms with E-state index in [-0.39, 0.29) is 17.8 Å². The minimum Gasteiger partial charge on any atom is -0.367 e.